The molecule has 3 rings (SSSR count). The molecule has 1 aromatic carbocycles. The van der Waals surface area contributed by atoms with Crippen LogP contribution in [0.5, 0.6) is 0 Å². The number of hydroxylamine groups is 1. The number of fused-ring (bicyclic) bond motifs is 1. The van der Waals surface area contributed by atoms with Crippen molar-refractivity contribution in [3.8, 4) is 0 Å². The molecule has 0 bridgehead atoms. The van der Waals surface area contributed by atoms with Gasteiger partial charge in [0.2, 0.25) is 0 Å². The number of rotatable bonds is 3. The van der Waals surface area contributed by atoms with E-state index in [0.717, 1.165) is 23.7 Å². The molecule has 0 unspecified atom stereocenters. The second kappa shape index (κ2) is 4.78. The molecule has 1 aromatic heterocycles. The van der Waals surface area contributed by atoms with Gasteiger partial charge in [-0.15, -0.1) is 0 Å². The van der Waals surface area contributed by atoms with Gasteiger partial charge in [-0.05, 0) is 25.0 Å². The average Bonchev–Trinajstić information content (AvgIpc) is 3.05. The lowest BCUT2D eigenvalue weighted by molar-refractivity contribution is -0.0124. The van der Waals surface area contributed by atoms with Crippen molar-refractivity contribution < 1.29 is 9.63 Å². The van der Waals surface area contributed by atoms with E-state index in [0.29, 0.717) is 5.56 Å². The van der Waals surface area contributed by atoms with Crippen molar-refractivity contribution in [3.05, 3.63) is 30.0 Å². The van der Waals surface area contributed by atoms with Crippen molar-refractivity contribution in [3.63, 3.8) is 0 Å². The maximum Gasteiger partial charge on any atom is 0.274 e. The van der Waals surface area contributed by atoms with Gasteiger partial charge in [0.05, 0.1) is 17.8 Å². The topological polar surface area (TPSA) is 67.0 Å². The summed E-state index contributed by atoms with van der Waals surface area (Å²) in [5.41, 5.74) is 3.95. The molecule has 0 saturated heterocycles. The number of hydrogen-bond donors (Lipinski definition) is 2. The summed E-state index contributed by atoms with van der Waals surface area (Å²) in [5, 5.41) is 7.75. The predicted molar refractivity (Wildman–Crippen MR) is 66.9 cm³/mol. The number of amides is 1. The Bertz CT molecular complexity index is 558. The number of H-pyrrole nitrogens is 1. The van der Waals surface area contributed by atoms with E-state index >= 15 is 0 Å². The minimum atomic E-state index is -0.210. The minimum Gasteiger partial charge on any atom is -0.278 e. The second-order valence-corrected chi connectivity index (χ2v) is 4.63. The number of nitrogens with one attached hydrogen (secondary N) is 2. The van der Waals surface area contributed by atoms with Crippen LogP contribution in [0, 0.1) is 0 Å². The molecule has 94 valence electrons. The van der Waals surface area contributed by atoms with Gasteiger partial charge in [0.25, 0.3) is 5.91 Å². The highest BCUT2D eigenvalue weighted by atomic mass is 16.7. The van der Waals surface area contributed by atoms with E-state index in [-0.39, 0.29) is 12.0 Å². The zero-order valence-corrected chi connectivity index (χ0v) is 9.98. The first-order valence-electron chi connectivity index (χ1n) is 6.22. The van der Waals surface area contributed by atoms with Crippen LogP contribution in [0.4, 0.5) is 0 Å². The molecular formula is C13H15N3O2. The summed E-state index contributed by atoms with van der Waals surface area (Å²) in [5.74, 6) is -0.210. The molecule has 0 atom stereocenters. The highest BCUT2D eigenvalue weighted by Crippen LogP contribution is 2.20. The first-order chi connectivity index (χ1) is 8.83. The molecule has 1 fully saturated rings. The minimum absolute atomic E-state index is 0.171. The summed E-state index contributed by atoms with van der Waals surface area (Å²) in [6.45, 7) is 0. The van der Waals surface area contributed by atoms with Gasteiger partial charge >= 0.3 is 0 Å². The number of carbonyl (C=O) groups is 1. The van der Waals surface area contributed by atoms with Crippen molar-refractivity contribution in [1.82, 2.24) is 15.7 Å². The number of carbonyl (C=O) groups excluding carboxylic acids is 1. The van der Waals surface area contributed by atoms with Crippen LogP contribution in [-0.4, -0.2) is 22.2 Å². The van der Waals surface area contributed by atoms with E-state index in [9.17, 15) is 4.79 Å². The maximum absolute atomic E-state index is 11.9. The third-order valence-electron chi connectivity index (χ3n) is 3.32. The third kappa shape index (κ3) is 2.22. The highest BCUT2D eigenvalue weighted by Gasteiger charge is 2.17. The van der Waals surface area contributed by atoms with Crippen LogP contribution >= 0.6 is 0 Å². The van der Waals surface area contributed by atoms with Crippen LogP contribution in [0.2, 0.25) is 0 Å². The van der Waals surface area contributed by atoms with Gasteiger partial charge in [-0.3, -0.25) is 14.7 Å². The molecule has 1 aliphatic carbocycles. The van der Waals surface area contributed by atoms with Gasteiger partial charge in [0, 0.05) is 10.9 Å². The average molecular weight is 245 g/mol. The van der Waals surface area contributed by atoms with Gasteiger partial charge < -0.3 is 0 Å². The number of hydrogen-bond acceptors (Lipinski definition) is 3. The normalized spacial score (nSPS) is 16.2. The molecule has 2 N–H and O–H groups in total. The molecular weight excluding hydrogens is 230 g/mol. The molecule has 1 heterocycles. The maximum atomic E-state index is 11.9. The van der Waals surface area contributed by atoms with E-state index < -0.39 is 0 Å². The van der Waals surface area contributed by atoms with E-state index in [2.05, 4.69) is 15.7 Å². The number of benzene rings is 1. The Balaban J connectivity index is 1.67. The Morgan fingerprint density at radius 1 is 1.39 bits per heavy atom. The Hall–Kier alpha value is -1.88. The molecule has 1 amide bonds. The Morgan fingerprint density at radius 3 is 3.06 bits per heavy atom. The van der Waals surface area contributed by atoms with Gasteiger partial charge in [-0.25, -0.2) is 5.48 Å². The fourth-order valence-electron chi connectivity index (χ4n) is 2.28. The summed E-state index contributed by atoms with van der Waals surface area (Å²) < 4.78 is 0. The molecule has 0 aliphatic heterocycles. The van der Waals surface area contributed by atoms with Crippen LogP contribution in [0.3, 0.4) is 0 Å². The van der Waals surface area contributed by atoms with Gasteiger partial charge in [0.1, 0.15) is 0 Å². The number of aromatic amines is 1. The number of aromatic nitrogens is 2. The Labute approximate surface area is 104 Å². The van der Waals surface area contributed by atoms with E-state index in [4.69, 9.17) is 4.84 Å². The molecule has 1 saturated carbocycles. The Kier molecular flexibility index (Phi) is 2.98. The van der Waals surface area contributed by atoms with Crippen LogP contribution in [0.15, 0.2) is 24.4 Å². The lowest BCUT2D eigenvalue weighted by Crippen LogP contribution is -2.28. The van der Waals surface area contributed by atoms with Crippen LogP contribution < -0.4 is 5.48 Å². The molecule has 0 radical (unpaired) electrons. The van der Waals surface area contributed by atoms with Crippen molar-refractivity contribution in [2.24, 2.45) is 0 Å². The quantitative estimate of drug-likeness (QED) is 0.814. The van der Waals surface area contributed by atoms with E-state index in [1.54, 1.807) is 18.3 Å². The lowest BCUT2D eigenvalue weighted by atomic mass is 10.1. The van der Waals surface area contributed by atoms with Crippen molar-refractivity contribution in [1.29, 1.82) is 0 Å². The highest BCUT2D eigenvalue weighted by molar-refractivity contribution is 5.97. The molecule has 2 aromatic rings. The standard InChI is InChI=1S/C13H15N3O2/c17-13(16-18-11-3-1-2-4-11)9-5-6-10-8-14-15-12(10)7-9/h5-8,11H,1-4H2,(H,14,15)(H,16,17). The van der Waals surface area contributed by atoms with Crippen molar-refractivity contribution in [2.45, 2.75) is 31.8 Å². The van der Waals surface area contributed by atoms with E-state index in [1.165, 1.54) is 12.8 Å². The smallest absolute Gasteiger partial charge is 0.274 e. The number of nitrogens with zero attached hydrogens (tertiary/aromatic N) is 1. The molecule has 1 aliphatic rings. The second-order valence-electron chi connectivity index (χ2n) is 4.63. The monoisotopic (exact) mass is 245 g/mol. The lowest BCUT2D eigenvalue weighted by Gasteiger charge is -2.11. The SMILES string of the molecule is O=C(NOC1CCCC1)c1ccc2cn[nH]c2c1. The van der Waals surface area contributed by atoms with E-state index in [1.807, 2.05) is 6.07 Å². The van der Waals surface area contributed by atoms with Crippen LogP contribution in [0.25, 0.3) is 10.9 Å². The largest absolute Gasteiger partial charge is 0.278 e. The first kappa shape index (κ1) is 11.2. The van der Waals surface area contributed by atoms with Gasteiger partial charge in [-0.1, -0.05) is 18.9 Å². The predicted octanol–water partition coefficient (Wildman–Crippen LogP) is 2.17. The molecule has 0 spiro atoms. The fraction of sp³-hybridized carbons (Fsp3) is 0.385. The third-order valence-corrected chi connectivity index (χ3v) is 3.32. The molecule has 5 nitrogen and oxygen atoms in total. The molecule has 5 heteroatoms. The van der Waals surface area contributed by atoms with Crippen molar-refractivity contribution >= 4 is 16.8 Å². The van der Waals surface area contributed by atoms with Gasteiger partial charge in [0.15, 0.2) is 0 Å². The van der Waals surface area contributed by atoms with Gasteiger partial charge in [-0.2, -0.15) is 5.10 Å². The first-order valence-corrected chi connectivity index (χ1v) is 6.22. The summed E-state index contributed by atoms with van der Waals surface area (Å²) in [6.07, 6.45) is 6.32. The Morgan fingerprint density at radius 2 is 2.22 bits per heavy atom. The summed E-state index contributed by atoms with van der Waals surface area (Å²) in [4.78, 5) is 17.3. The zero-order valence-electron chi connectivity index (χ0n) is 9.98. The van der Waals surface area contributed by atoms with Crippen LogP contribution in [-0.2, 0) is 4.84 Å². The fourth-order valence-corrected chi connectivity index (χ4v) is 2.28. The summed E-state index contributed by atoms with van der Waals surface area (Å²) in [7, 11) is 0. The summed E-state index contributed by atoms with van der Waals surface area (Å²) in [6, 6.07) is 5.41. The molecule has 18 heavy (non-hydrogen) atoms. The van der Waals surface area contributed by atoms with Crippen LogP contribution in [0.1, 0.15) is 36.0 Å². The zero-order chi connectivity index (χ0) is 12.4. The summed E-state index contributed by atoms with van der Waals surface area (Å²) >= 11 is 0. The van der Waals surface area contributed by atoms with Crippen molar-refractivity contribution in [2.75, 3.05) is 0 Å².